The Labute approximate surface area is 94.9 Å². The van der Waals surface area contributed by atoms with Crippen LogP contribution in [0.4, 0.5) is 0 Å². The number of aliphatic hydroxyl groups is 1. The van der Waals surface area contributed by atoms with E-state index in [1.165, 1.54) is 0 Å². The summed E-state index contributed by atoms with van der Waals surface area (Å²) in [5, 5.41) is 18.2. The molecule has 1 rings (SSSR count). The van der Waals surface area contributed by atoms with Crippen LogP contribution in [-0.4, -0.2) is 18.0 Å². The lowest BCUT2D eigenvalue weighted by Crippen LogP contribution is -2.22. The van der Waals surface area contributed by atoms with Crippen LogP contribution in [0.1, 0.15) is 25.0 Å². The number of thioether (sulfide) groups is 1. The lowest BCUT2D eigenvalue weighted by atomic mass is 9.85. The van der Waals surface area contributed by atoms with E-state index in [9.17, 15) is 5.11 Å². The van der Waals surface area contributed by atoms with Crippen LogP contribution in [0.25, 0.3) is 0 Å². The van der Waals surface area contributed by atoms with Crippen molar-refractivity contribution in [2.45, 2.75) is 24.2 Å². The maximum atomic E-state index is 9.25. The topological polar surface area (TPSA) is 44.0 Å². The Morgan fingerprint density at radius 2 is 2.13 bits per heavy atom. The second kappa shape index (κ2) is 4.69. The van der Waals surface area contributed by atoms with Gasteiger partial charge >= 0.3 is 0 Å². The predicted molar refractivity (Wildman–Crippen MR) is 63.0 cm³/mol. The number of hydrogen-bond acceptors (Lipinski definition) is 3. The van der Waals surface area contributed by atoms with Gasteiger partial charge in [0, 0.05) is 10.3 Å². The third-order valence-electron chi connectivity index (χ3n) is 2.50. The first kappa shape index (κ1) is 12.1. The van der Waals surface area contributed by atoms with Gasteiger partial charge in [0.1, 0.15) is 6.07 Å². The van der Waals surface area contributed by atoms with Gasteiger partial charge in [0.25, 0.3) is 0 Å². The fraction of sp³-hybridized carbons (Fsp3) is 0.417. The third kappa shape index (κ3) is 2.53. The second-order valence-electron chi connectivity index (χ2n) is 4.07. The summed E-state index contributed by atoms with van der Waals surface area (Å²) >= 11 is 1.56. The second-order valence-corrected chi connectivity index (χ2v) is 4.92. The monoisotopic (exact) mass is 221 g/mol. The summed E-state index contributed by atoms with van der Waals surface area (Å²) < 4.78 is 0. The predicted octanol–water partition coefficient (Wildman–Crippen LogP) is 2.55. The minimum atomic E-state index is -0.289. The van der Waals surface area contributed by atoms with E-state index < -0.39 is 0 Å². The Morgan fingerprint density at radius 1 is 1.47 bits per heavy atom. The molecule has 3 heteroatoms. The van der Waals surface area contributed by atoms with Crippen LogP contribution in [0, 0.1) is 11.3 Å². The first-order chi connectivity index (χ1) is 7.05. The van der Waals surface area contributed by atoms with E-state index in [1.807, 2.05) is 38.3 Å². The van der Waals surface area contributed by atoms with Gasteiger partial charge in [-0.25, -0.2) is 0 Å². The Hall–Kier alpha value is -0.980. The summed E-state index contributed by atoms with van der Waals surface area (Å²) in [5.41, 5.74) is 1.39. The van der Waals surface area contributed by atoms with Gasteiger partial charge in [-0.1, -0.05) is 19.9 Å². The van der Waals surface area contributed by atoms with Crippen molar-refractivity contribution in [1.29, 1.82) is 5.26 Å². The van der Waals surface area contributed by atoms with Crippen molar-refractivity contribution in [3.8, 4) is 6.07 Å². The van der Waals surface area contributed by atoms with Gasteiger partial charge in [0.05, 0.1) is 12.2 Å². The number of nitrogens with zero attached hydrogens (tertiary/aromatic N) is 1. The average Bonchev–Trinajstić information content (AvgIpc) is 2.28. The summed E-state index contributed by atoms with van der Waals surface area (Å²) in [5.74, 6) is 0. The molecule has 0 saturated carbocycles. The molecule has 15 heavy (non-hydrogen) atoms. The molecule has 0 radical (unpaired) electrons. The van der Waals surface area contributed by atoms with E-state index in [1.54, 1.807) is 11.8 Å². The first-order valence-corrected chi connectivity index (χ1v) is 5.97. The fourth-order valence-electron chi connectivity index (χ4n) is 1.31. The lowest BCUT2D eigenvalue weighted by Gasteiger charge is -2.22. The Morgan fingerprint density at radius 3 is 2.60 bits per heavy atom. The molecule has 1 aromatic rings. The van der Waals surface area contributed by atoms with Gasteiger partial charge < -0.3 is 5.11 Å². The minimum Gasteiger partial charge on any atom is -0.395 e. The third-order valence-corrected chi connectivity index (χ3v) is 3.29. The van der Waals surface area contributed by atoms with Gasteiger partial charge in [0.15, 0.2) is 0 Å². The quantitative estimate of drug-likeness (QED) is 0.798. The molecule has 0 atom stereocenters. The van der Waals surface area contributed by atoms with Gasteiger partial charge in [-0.05, 0) is 24.0 Å². The van der Waals surface area contributed by atoms with Crippen LogP contribution in [0.15, 0.2) is 23.1 Å². The average molecular weight is 221 g/mol. The molecule has 0 aliphatic rings. The smallest absolute Gasteiger partial charge is 0.100 e. The highest BCUT2D eigenvalue weighted by molar-refractivity contribution is 7.98. The molecule has 0 saturated heterocycles. The van der Waals surface area contributed by atoms with Crippen molar-refractivity contribution < 1.29 is 5.11 Å². The van der Waals surface area contributed by atoms with Crippen molar-refractivity contribution in [1.82, 2.24) is 0 Å². The molecular formula is C12H15NOS. The van der Waals surface area contributed by atoms with Crippen LogP contribution >= 0.6 is 11.8 Å². The van der Waals surface area contributed by atoms with Crippen LogP contribution in [0.2, 0.25) is 0 Å². The fourth-order valence-corrected chi connectivity index (χ4v) is 1.84. The molecule has 0 amide bonds. The highest BCUT2D eigenvalue weighted by atomic mass is 32.2. The molecule has 0 heterocycles. The highest BCUT2D eigenvalue weighted by Gasteiger charge is 2.20. The van der Waals surface area contributed by atoms with Gasteiger partial charge in [-0.2, -0.15) is 5.26 Å². The molecule has 0 aliphatic carbocycles. The Bertz CT molecular complexity index is 393. The van der Waals surface area contributed by atoms with Crippen molar-refractivity contribution >= 4 is 11.8 Å². The molecule has 1 aromatic carbocycles. The van der Waals surface area contributed by atoms with Gasteiger partial charge in [-0.15, -0.1) is 11.8 Å². The lowest BCUT2D eigenvalue weighted by molar-refractivity contribution is 0.218. The first-order valence-electron chi connectivity index (χ1n) is 4.74. The normalized spacial score (nSPS) is 11.1. The summed E-state index contributed by atoms with van der Waals surface area (Å²) in [7, 11) is 0. The van der Waals surface area contributed by atoms with Crippen molar-refractivity contribution in [3.05, 3.63) is 29.3 Å². The maximum absolute atomic E-state index is 9.25. The van der Waals surface area contributed by atoms with Crippen LogP contribution < -0.4 is 0 Å². The van der Waals surface area contributed by atoms with Gasteiger partial charge in [0.2, 0.25) is 0 Å². The van der Waals surface area contributed by atoms with E-state index >= 15 is 0 Å². The number of aliphatic hydroxyl groups excluding tert-OH is 1. The molecule has 0 unspecified atom stereocenters. The Kier molecular flexibility index (Phi) is 3.78. The van der Waals surface area contributed by atoms with Crippen LogP contribution in [-0.2, 0) is 5.41 Å². The van der Waals surface area contributed by atoms with Crippen molar-refractivity contribution in [2.75, 3.05) is 12.9 Å². The zero-order valence-corrected chi connectivity index (χ0v) is 10.1. The SMILES string of the molecule is CSc1ccc(C(C)(C)CO)cc1C#N. The molecular weight excluding hydrogens is 206 g/mol. The molecule has 1 N–H and O–H groups in total. The zero-order chi connectivity index (χ0) is 11.5. The Balaban J connectivity index is 3.21. The van der Waals surface area contributed by atoms with E-state index in [0.717, 1.165) is 10.5 Å². The number of rotatable bonds is 3. The maximum Gasteiger partial charge on any atom is 0.100 e. The molecule has 0 spiro atoms. The number of hydrogen-bond donors (Lipinski definition) is 1. The largest absolute Gasteiger partial charge is 0.395 e. The molecule has 0 aromatic heterocycles. The summed E-state index contributed by atoms with van der Waals surface area (Å²) in [6, 6.07) is 7.96. The standard InChI is InChI=1S/C12H15NOS/c1-12(2,8-14)10-4-5-11(15-3)9(6-10)7-13/h4-6,14H,8H2,1-3H3. The number of benzene rings is 1. The zero-order valence-electron chi connectivity index (χ0n) is 9.24. The van der Waals surface area contributed by atoms with E-state index in [-0.39, 0.29) is 12.0 Å². The summed E-state index contributed by atoms with van der Waals surface area (Å²) in [4.78, 5) is 0.981. The van der Waals surface area contributed by atoms with E-state index in [0.29, 0.717) is 5.56 Å². The molecule has 2 nitrogen and oxygen atoms in total. The molecule has 0 bridgehead atoms. The van der Waals surface area contributed by atoms with E-state index in [2.05, 4.69) is 6.07 Å². The summed E-state index contributed by atoms with van der Waals surface area (Å²) in [6.07, 6.45) is 1.95. The molecule has 80 valence electrons. The molecule has 0 aliphatic heterocycles. The summed E-state index contributed by atoms with van der Waals surface area (Å²) in [6.45, 7) is 4.00. The van der Waals surface area contributed by atoms with Crippen LogP contribution in [0.5, 0.6) is 0 Å². The molecule has 0 fully saturated rings. The van der Waals surface area contributed by atoms with Crippen molar-refractivity contribution in [2.24, 2.45) is 0 Å². The van der Waals surface area contributed by atoms with Crippen molar-refractivity contribution in [3.63, 3.8) is 0 Å². The number of nitriles is 1. The highest BCUT2D eigenvalue weighted by Crippen LogP contribution is 2.27. The van der Waals surface area contributed by atoms with Crippen LogP contribution in [0.3, 0.4) is 0 Å². The minimum absolute atomic E-state index is 0.0798. The van der Waals surface area contributed by atoms with E-state index in [4.69, 9.17) is 5.26 Å². The van der Waals surface area contributed by atoms with Gasteiger partial charge in [-0.3, -0.25) is 0 Å².